The number of benzene rings is 2. The number of thioether (sulfide) groups is 1. The van der Waals surface area contributed by atoms with Gasteiger partial charge < -0.3 is 14.4 Å². The van der Waals surface area contributed by atoms with Gasteiger partial charge in [0.15, 0.2) is 11.5 Å². The predicted octanol–water partition coefficient (Wildman–Crippen LogP) is 3.19. The molecule has 9 heteroatoms. The van der Waals surface area contributed by atoms with Gasteiger partial charge in [0.1, 0.15) is 13.2 Å². The van der Waals surface area contributed by atoms with Crippen LogP contribution in [-0.2, 0) is 11.3 Å². The van der Waals surface area contributed by atoms with Crippen molar-refractivity contribution in [2.75, 3.05) is 25.5 Å². The van der Waals surface area contributed by atoms with Crippen molar-refractivity contribution < 1.29 is 14.3 Å². The van der Waals surface area contributed by atoms with Crippen molar-refractivity contribution in [2.45, 2.75) is 32.5 Å². The van der Waals surface area contributed by atoms with Gasteiger partial charge in [-0.25, -0.2) is 0 Å². The van der Waals surface area contributed by atoms with E-state index in [0.717, 1.165) is 33.9 Å². The Morgan fingerprint density at radius 3 is 2.61 bits per heavy atom. The van der Waals surface area contributed by atoms with Gasteiger partial charge in [-0.3, -0.25) is 4.79 Å². The maximum atomic E-state index is 12.9. The topological polar surface area (TPSA) is 82.4 Å². The summed E-state index contributed by atoms with van der Waals surface area (Å²) < 4.78 is 12.9. The van der Waals surface area contributed by atoms with Gasteiger partial charge in [-0.05, 0) is 60.0 Å². The number of carbonyl (C=O) groups excluding carboxylic acids is 1. The standard InChI is InChI=1S/C22H25N5O3S/c1-4-26(13-17-8-9-18-19(12-17)30-11-10-29-18)20(28)14-31-22-23-24-25-27(22)21-15(2)6-5-7-16(21)3/h5-9,12H,4,10-11,13-14H2,1-3H3. The number of hydrogen-bond acceptors (Lipinski definition) is 7. The van der Waals surface area contributed by atoms with Gasteiger partial charge in [-0.15, -0.1) is 5.10 Å². The summed E-state index contributed by atoms with van der Waals surface area (Å²) >= 11 is 1.34. The third kappa shape index (κ3) is 4.66. The van der Waals surface area contributed by atoms with Crippen LogP contribution < -0.4 is 9.47 Å². The summed E-state index contributed by atoms with van der Waals surface area (Å²) in [5, 5.41) is 12.7. The number of ether oxygens (including phenoxy) is 2. The van der Waals surface area contributed by atoms with E-state index in [4.69, 9.17) is 9.47 Å². The Bertz CT molecular complexity index is 1060. The number of nitrogens with zero attached hydrogens (tertiary/aromatic N) is 5. The molecule has 0 saturated carbocycles. The van der Waals surface area contributed by atoms with Crippen LogP contribution in [0.25, 0.3) is 5.69 Å². The molecule has 0 bridgehead atoms. The molecule has 31 heavy (non-hydrogen) atoms. The lowest BCUT2D eigenvalue weighted by molar-refractivity contribution is -0.128. The molecule has 3 aromatic rings. The highest BCUT2D eigenvalue weighted by Crippen LogP contribution is 2.31. The summed E-state index contributed by atoms with van der Waals surface area (Å²) in [5.74, 6) is 1.76. The van der Waals surface area contributed by atoms with E-state index in [1.54, 1.807) is 4.68 Å². The minimum atomic E-state index is 0.0263. The molecule has 8 nitrogen and oxygen atoms in total. The Morgan fingerprint density at radius 2 is 1.87 bits per heavy atom. The number of aromatic nitrogens is 4. The lowest BCUT2D eigenvalue weighted by Gasteiger charge is -2.23. The maximum absolute atomic E-state index is 12.9. The molecular weight excluding hydrogens is 414 g/mol. The highest BCUT2D eigenvalue weighted by Gasteiger charge is 2.19. The van der Waals surface area contributed by atoms with Crippen molar-refractivity contribution in [1.29, 1.82) is 0 Å². The molecule has 1 aliphatic heterocycles. The Kier molecular flexibility index (Phi) is 6.41. The summed E-state index contributed by atoms with van der Waals surface area (Å²) in [4.78, 5) is 14.7. The highest BCUT2D eigenvalue weighted by atomic mass is 32.2. The van der Waals surface area contributed by atoms with Gasteiger partial charge in [0, 0.05) is 13.1 Å². The average molecular weight is 440 g/mol. The zero-order chi connectivity index (χ0) is 21.8. The summed E-state index contributed by atoms with van der Waals surface area (Å²) in [7, 11) is 0. The van der Waals surface area contributed by atoms with Crippen LogP contribution in [0.4, 0.5) is 0 Å². The molecule has 0 radical (unpaired) electrons. The van der Waals surface area contributed by atoms with Gasteiger partial charge in [0.2, 0.25) is 11.1 Å². The van der Waals surface area contributed by atoms with Crippen LogP contribution in [0.1, 0.15) is 23.6 Å². The molecular formula is C22H25N5O3S. The summed E-state index contributed by atoms with van der Waals surface area (Å²) in [6.07, 6.45) is 0. The first-order valence-corrected chi connectivity index (χ1v) is 11.2. The van der Waals surface area contributed by atoms with E-state index in [9.17, 15) is 4.79 Å². The Hall–Kier alpha value is -3.07. The van der Waals surface area contributed by atoms with Crippen molar-refractivity contribution in [3.05, 3.63) is 53.1 Å². The van der Waals surface area contributed by atoms with Gasteiger partial charge >= 0.3 is 0 Å². The molecule has 2 aromatic carbocycles. The van der Waals surface area contributed by atoms with E-state index < -0.39 is 0 Å². The third-order valence-corrected chi connectivity index (χ3v) is 6.04. The Labute approximate surface area is 185 Å². The van der Waals surface area contributed by atoms with Crippen LogP contribution >= 0.6 is 11.8 Å². The second-order valence-corrected chi connectivity index (χ2v) is 8.23. The summed E-state index contributed by atoms with van der Waals surface area (Å²) in [6.45, 7) is 8.24. The van der Waals surface area contributed by atoms with Crippen molar-refractivity contribution in [3.8, 4) is 17.2 Å². The minimum absolute atomic E-state index is 0.0263. The first-order valence-electron chi connectivity index (χ1n) is 10.2. The van der Waals surface area contributed by atoms with Gasteiger partial charge in [0.25, 0.3) is 0 Å². The lowest BCUT2D eigenvalue weighted by Crippen LogP contribution is -2.32. The van der Waals surface area contributed by atoms with Crippen molar-refractivity contribution in [3.63, 3.8) is 0 Å². The van der Waals surface area contributed by atoms with Crippen molar-refractivity contribution >= 4 is 17.7 Å². The molecule has 0 fully saturated rings. The third-order valence-electron chi connectivity index (χ3n) is 5.13. The molecule has 0 N–H and O–H groups in total. The zero-order valence-electron chi connectivity index (χ0n) is 17.9. The van der Waals surface area contributed by atoms with Crippen molar-refractivity contribution in [1.82, 2.24) is 25.1 Å². The molecule has 2 heterocycles. The van der Waals surface area contributed by atoms with Gasteiger partial charge in [-0.2, -0.15) is 4.68 Å². The molecule has 0 spiro atoms. The SMILES string of the molecule is CCN(Cc1ccc2c(c1)OCCO2)C(=O)CSc1nnnn1-c1c(C)cccc1C. The number of para-hydroxylation sites is 1. The van der Waals surface area contributed by atoms with Gasteiger partial charge in [-0.1, -0.05) is 36.0 Å². The Morgan fingerprint density at radius 1 is 1.13 bits per heavy atom. The maximum Gasteiger partial charge on any atom is 0.233 e. The lowest BCUT2D eigenvalue weighted by atomic mass is 10.1. The smallest absolute Gasteiger partial charge is 0.233 e. The largest absolute Gasteiger partial charge is 0.486 e. The Balaban J connectivity index is 1.43. The van der Waals surface area contributed by atoms with Crippen molar-refractivity contribution in [2.24, 2.45) is 0 Å². The monoisotopic (exact) mass is 439 g/mol. The molecule has 4 rings (SSSR count). The van der Waals surface area contributed by atoms with Crippen LogP contribution in [0.3, 0.4) is 0 Å². The number of fused-ring (bicyclic) bond motifs is 1. The van der Waals surface area contributed by atoms with E-state index in [1.807, 2.05) is 62.1 Å². The number of carbonyl (C=O) groups is 1. The summed E-state index contributed by atoms with van der Waals surface area (Å²) in [5.41, 5.74) is 4.11. The normalized spacial score (nSPS) is 12.6. The molecule has 0 aliphatic carbocycles. The van der Waals surface area contributed by atoms with Crippen LogP contribution in [0.5, 0.6) is 11.5 Å². The molecule has 1 amide bonds. The molecule has 162 valence electrons. The van der Waals surface area contributed by atoms with Crippen LogP contribution in [-0.4, -0.2) is 56.5 Å². The minimum Gasteiger partial charge on any atom is -0.486 e. The molecule has 1 aliphatic rings. The van der Waals surface area contributed by atoms with Crippen LogP contribution in [0, 0.1) is 13.8 Å². The second kappa shape index (κ2) is 9.38. The van der Waals surface area contributed by atoms with E-state index in [0.29, 0.717) is 31.5 Å². The summed E-state index contributed by atoms with van der Waals surface area (Å²) in [6, 6.07) is 11.9. The van der Waals surface area contributed by atoms with E-state index in [1.165, 1.54) is 11.8 Å². The number of rotatable bonds is 7. The molecule has 0 atom stereocenters. The van der Waals surface area contributed by atoms with Crippen LogP contribution in [0.2, 0.25) is 0 Å². The number of tetrazole rings is 1. The fourth-order valence-electron chi connectivity index (χ4n) is 3.55. The average Bonchev–Trinajstić information content (AvgIpc) is 3.23. The predicted molar refractivity (Wildman–Crippen MR) is 118 cm³/mol. The molecule has 0 unspecified atom stereocenters. The molecule has 0 saturated heterocycles. The first kappa shape index (κ1) is 21.2. The van der Waals surface area contributed by atoms with E-state index in [-0.39, 0.29) is 11.7 Å². The van der Waals surface area contributed by atoms with Gasteiger partial charge in [0.05, 0.1) is 11.4 Å². The van der Waals surface area contributed by atoms with E-state index in [2.05, 4.69) is 15.5 Å². The quantitative estimate of drug-likeness (QED) is 0.523. The number of aryl methyl sites for hydroxylation is 2. The first-order chi connectivity index (χ1) is 15.1. The highest BCUT2D eigenvalue weighted by molar-refractivity contribution is 7.99. The number of amides is 1. The second-order valence-electron chi connectivity index (χ2n) is 7.29. The fraction of sp³-hybridized carbons (Fsp3) is 0.364. The van der Waals surface area contributed by atoms with Crippen LogP contribution in [0.15, 0.2) is 41.6 Å². The number of hydrogen-bond donors (Lipinski definition) is 0. The molecule has 1 aromatic heterocycles. The zero-order valence-corrected chi connectivity index (χ0v) is 18.7. The fourth-order valence-corrected chi connectivity index (χ4v) is 4.33. The van der Waals surface area contributed by atoms with E-state index >= 15 is 0 Å².